The maximum absolute atomic E-state index is 13.7. The van der Waals surface area contributed by atoms with Crippen molar-refractivity contribution in [3.8, 4) is 0 Å². The summed E-state index contributed by atoms with van der Waals surface area (Å²) in [5.74, 6) is -0.338. The summed E-state index contributed by atoms with van der Waals surface area (Å²) >= 11 is 3.30. The van der Waals surface area contributed by atoms with Gasteiger partial charge in [-0.25, -0.2) is 9.18 Å². The zero-order valence-corrected chi connectivity index (χ0v) is 15.5. The van der Waals surface area contributed by atoms with Crippen molar-refractivity contribution in [2.24, 2.45) is 0 Å². The van der Waals surface area contributed by atoms with Crippen LogP contribution in [0.2, 0.25) is 0 Å². The Balaban J connectivity index is 1.93. The lowest BCUT2D eigenvalue weighted by Crippen LogP contribution is -2.28. The van der Waals surface area contributed by atoms with E-state index in [2.05, 4.69) is 39.6 Å². The maximum Gasteiger partial charge on any atom is 0.319 e. The molecule has 0 radical (unpaired) electrons. The average Bonchev–Trinajstić information content (AvgIpc) is 2.56. The van der Waals surface area contributed by atoms with Gasteiger partial charge in [-0.1, -0.05) is 41.4 Å². The lowest BCUT2D eigenvalue weighted by atomic mass is 10.0. The molecule has 0 aromatic heterocycles. The molecule has 2 N–H and O–H groups in total. The quantitative estimate of drug-likeness (QED) is 0.663. The number of halogens is 2. The molecule has 0 fully saturated rings. The minimum atomic E-state index is -0.348. The SMILES string of the molecule is CCCCc1ccc(NC(=O)NCc2cc(Br)ccc2F)c(C)c1. The predicted octanol–water partition coefficient (Wildman–Crippen LogP) is 5.56. The van der Waals surface area contributed by atoms with Crippen molar-refractivity contribution in [3.05, 3.63) is 63.4 Å². The third kappa shape index (κ3) is 5.34. The monoisotopic (exact) mass is 392 g/mol. The van der Waals surface area contributed by atoms with Crippen LogP contribution in [0.15, 0.2) is 40.9 Å². The molecule has 0 heterocycles. The summed E-state index contributed by atoms with van der Waals surface area (Å²) in [7, 11) is 0. The zero-order valence-electron chi connectivity index (χ0n) is 14.0. The summed E-state index contributed by atoms with van der Waals surface area (Å²) in [6, 6.07) is 10.4. The fourth-order valence-corrected chi connectivity index (χ4v) is 2.83. The van der Waals surface area contributed by atoms with E-state index in [9.17, 15) is 9.18 Å². The number of nitrogens with one attached hydrogen (secondary N) is 2. The van der Waals surface area contributed by atoms with Gasteiger partial charge in [-0.3, -0.25) is 0 Å². The molecule has 0 aliphatic heterocycles. The van der Waals surface area contributed by atoms with Crippen molar-refractivity contribution in [2.45, 2.75) is 39.7 Å². The van der Waals surface area contributed by atoms with Crippen LogP contribution < -0.4 is 10.6 Å². The highest BCUT2D eigenvalue weighted by Gasteiger charge is 2.08. The van der Waals surface area contributed by atoms with Gasteiger partial charge in [-0.05, 0) is 55.2 Å². The molecule has 3 nitrogen and oxygen atoms in total. The highest BCUT2D eigenvalue weighted by molar-refractivity contribution is 9.10. The second-order valence-corrected chi connectivity index (χ2v) is 6.71. The van der Waals surface area contributed by atoms with Gasteiger partial charge in [-0.2, -0.15) is 0 Å². The second-order valence-electron chi connectivity index (χ2n) is 5.80. The van der Waals surface area contributed by atoms with Gasteiger partial charge in [0, 0.05) is 22.3 Å². The summed E-state index contributed by atoms with van der Waals surface area (Å²) in [6.07, 6.45) is 3.37. The molecule has 0 spiro atoms. The summed E-state index contributed by atoms with van der Waals surface area (Å²) < 4.78 is 14.4. The van der Waals surface area contributed by atoms with Gasteiger partial charge in [0.25, 0.3) is 0 Å². The van der Waals surface area contributed by atoms with Gasteiger partial charge < -0.3 is 10.6 Å². The first-order valence-electron chi connectivity index (χ1n) is 8.08. The molecule has 0 saturated heterocycles. The van der Waals surface area contributed by atoms with Crippen molar-refractivity contribution in [3.63, 3.8) is 0 Å². The minimum Gasteiger partial charge on any atom is -0.334 e. The molecule has 24 heavy (non-hydrogen) atoms. The van der Waals surface area contributed by atoms with Crippen LogP contribution >= 0.6 is 15.9 Å². The first kappa shape index (κ1) is 18.5. The number of carbonyl (C=O) groups is 1. The van der Waals surface area contributed by atoms with E-state index in [1.165, 1.54) is 11.6 Å². The smallest absolute Gasteiger partial charge is 0.319 e. The first-order chi connectivity index (χ1) is 11.5. The van der Waals surface area contributed by atoms with E-state index >= 15 is 0 Å². The maximum atomic E-state index is 13.7. The molecule has 2 aromatic rings. The van der Waals surface area contributed by atoms with Crippen molar-refractivity contribution >= 4 is 27.6 Å². The number of rotatable bonds is 6. The number of hydrogen-bond donors (Lipinski definition) is 2. The lowest BCUT2D eigenvalue weighted by Gasteiger charge is -2.12. The normalized spacial score (nSPS) is 10.5. The zero-order chi connectivity index (χ0) is 17.5. The van der Waals surface area contributed by atoms with E-state index in [0.717, 1.165) is 35.0 Å². The van der Waals surface area contributed by atoms with E-state index in [1.807, 2.05) is 19.1 Å². The van der Waals surface area contributed by atoms with E-state index < -0.39 is 0 Å². The van der Waals surface area contributed by atoms with E-state index in [-0.39, 0.29) is 18.4 Å². The molecule has 0 unspecified atom stereocenters. The first-order valence-corrected chi connectivity index (χ1v) is 8.87. The lowest BCUT2D eigenvalue weighted by molar-refractivity contribution is 0.251. The number of benzene rings is 2. The molecular formula is C19H22BrFN2O. The number of anilines is 1. The molecule has 2 aromatic carbocycles. The Hall–Kier alpha value is -1.88. The van der Waals surface area contributed by atoms with Crippen LogP contribution in [-0.4, -0.2) is 6.03 Å². The fourth-order valence-electron chi connectivity index (χ4n) is 2.42. The van der Waals surface area contributed by atoms with E-state index in [4.69, 9.17) is 0 Å². The third-order valence-corrected chi connectivity index (χ3v) is 4.30. The minimum absolute atomic E-state index is 0.130. The highest BCUT2D eigenvalue weighted by Crippen LogP contribution is 2.18. The molecule has 0 aliphatic rings. The summed E-state index contributed by atoms with van der Waals surface area (Å²) in [5.41, 5.74) is 3.50. The molecular weight excluding hydrogens is 371 g/mol. The Labute approximate surface area is 150 Å². The van der Waals surface area contributed by atoms with Gasteiger partial charge >= 0.3 is 6.03 Å². The van der Waals surface area contributed by atoms with Crippen LogP contribution in [0, 0.1) is 12.7 Å². The molecule has 0 bridgehead atoms. The Morgan fingerprint density at radius 2 is 2.00 bits per heavy atom. The van der Waals surface area contributed by atoms with E-state index in [0.29, 0.717) is 5.56 Å². The van der Waals surface area contributed by atoms with Crippen molar-refractivity contribution in [1.29, 1.82) is 0 Å². The van der Waals surface area contributed by atoms with Crippen molar-refractivity contribution in [1.82, 2.24) is 5.32 Å². The van der Waals surface area contributed by atoms with Crippen LogP contribution in [0.25, 0.3) is 0 Å². The van der Waals surface area contributed by atoms with Gasteiger partial charge in [0.1, 0.15) is 5.82 Å². The Morgan fingerprint density at radius 1 is 1.21 bits per heavy atom. The molecule has 0 aliphatic carbocycles. The van der Waals surface area contributed by atoms with Gasteiger partial charge in [-0.15, -0.1) is 0 Å². The molecule has 2 amide bonds. The third-order valence-electron chi connectivity index (χ3n) is 3.81. The number of unbranched alkanes of at least 4 members (excludes halogenated alkanes) is 1. The van der Waals surface area contributed by atoms with Gasteiger partial charge in [0.05, 0.1) is 0 Å². The molecule has 0 atom stereocenters. The number of amides is 2. The van der Waals surface area contributed by atoms with E-state index in [1.54, 1.807) is 12.1 Å². The van der Waals surface area contributed by atoms with Gasteiger partial charge in [0.2, 0.25) is 0 Å². The number of aryl methyl sites for hydroxylation is 2. The summed E-state index contributed by atoms with van der Waals surface area (Å²) in [5, 5.41) is 5.49. The average molecular weight is 393 g/mol. The Morgan fingerprint density at radius 3 is 2.71 bits per heavy atom. The summed E-state index contributed by atoms with van der Waals surface area (Å²) in [6.45, 7) is 4.27. The second kappa shape index (κ2) is 8.83. The molecule has 5 heteroatoms. The van der Waals surface area contributed by atoms with Crippen LogP contribution in [0.1, 0.15) is 36.5 Å². The summed E-state index contributed by atoms with van der Waals surface area (Å²) in [4.78, 5) is 12.0. The standard InChI is InChI=1S/C19H22BrFN2O/c1-3-4-5-14-6-9-18(13(2)10-14)23-19(24)22-12-15-11-16(20)7-8-17(15)21/h6-11H,3-5,12H2,1-2H3,(H2,22,23,24). The highest BCUT2D eigenvalue weighted by atomic mass is 79.9. The van der Waals surface area contributed by atoms with Gasteiger partial charge in [0.15, 0.2) is 0 Å². The fraction of sp³-hybridized carbons (Fsp3) is 0.316. The topological polar surface area (TPSA) is 41.1 Å². The van der Waals surface area contributed by atoms with Crippen molar-refractivity contribution < 1.29 is 9.18 Å². The molecule has 128 valence electrons. The van der Waals surface area contributed by atoms with Crippen LogP contribution in [-0.2, 0) is 13.0 Å². The predicted molar refractivity (Wildman–Crippen MR) is 99.7 cm³/mol. The largest absolute Gasteiger partial charge is 0.334 e. The van der Waals surface area contributed by atoms with Crippen molar-refractivity contribution in [2.75, 3.05) is 5.32 Å². The Kier molecular flexibility index (Phi) is 6.79. The van der Waals surface area contributed by atoms with Crippen LogP contribution in [0.4, 0.5) is 14.9 Å². The number of hydrogen-bond acceptors (Lipinski definition) is 1. The Bertz CT molecular complexity index is 719. The molecule has 2 rings (SSSR count). The van der Waals surface area contributed by atoms with Crippen LogP contribution in [0.5, 0.6) is 0 Å². The number of urea groups is 1. The molecule has 0 saturated carbocycles. The number of carbonyl (C=O) groups excluding carboxylic acids is 1. The van der Waals surface area contributed by atoms with Crippen LogP contribution in [0.3, 0.4) is 0 Å².